The van der Waals surface area contributed by atoms with Gasteiger partial charge in [0.15, 0.2) is 21.1 Å². The van der Waals surface area contributed by atoms with E-state index < -0.39 is 41.7 Å². The maximum absolute atomic E-state index is 10.3. The molecule has 29 heteroatoms. The van der Waals surface area contributed by atoms with E-state index in [1.54, 1.807) is 35.9 Å². The van der Waals surface area contributed by atoms with Crippen LogP contribution in [0, 0.1) is 40.5 Å². The van der Waals surface area contributed by atoms with Gasteiger partial charge >= 0.3 is 0 Å². The Bertz CT molecular complexity index is 1390. The van der Waals surface area contributed by atoms with Crippen LogP contribution in [0.2, 0.25) is 0 Å². The zero-order valence-corrected chi connectivity index (χ0v) is 23.7. The summed E-state index contributed by atoms with van der Waals surface area (Å²) in [4.78, 5) is 51.4. The van der Waals surface area contributed by atoms with Gasteiger partial charge in [-0.15, -0.1) is 10.9 Å². The van der Waals surface area contributed by atoms with E-state index in [1.165, 1.54) is 12.7 Å². The predicted molar refractivity (Wildman–Crippen MR) is 146 cm³/mol. The minimum absolute atomic E-state index is 0. The summed E-state index contributed by atoms with van der Waals surface area (Å²) in [5.74, 6) is -0.901. The van der Waals surface area contributed by atoms with Crippen LogP contribution in [-0.2, 0) is 21.6 Å². The van der Waals surface area contributed by atoms with Gasteiger partial charge in [0.2, 0.25) is 35.3 Å². The predicted octanol–water partition coefficient (Wildman–Crippen LogP) is -1.69. The molecule has 8 N–H and O–H groups in total. The van der Waals surface area contributed by atoms with Gasteiger partial charge in [-0.25, -0.2) is 50.4 Å². The number of nitro groups is 4. The highest BCUT2D eigenvalue weighted by Crippen LogP contribution is 2.26. The summed E-state index contributed by atoms with van der Waals surface area (Å²) in [6.07, 6.45) is 9.19. The molecule has 0 aliphatic carbocycles. The average molecular weight is 655 g/mol. The number of imidazole rings is 2. The third-order valence-corrected chi connectivity index (χ3v) is 3.52. The second kappa shape index (κ2) is 17.8. The summed E-state index contributed by atoms with van der Waals surface area (Å²) in [5, 5.41) is 51.1. The van der Waals surface area contributed by atoms with E-state index in [4.69, 9.17) is 0 Å². The summed E-state index contributed by atoms with van der Waals surface area (Å²) in [6.45, 7) is 0. The molecule has 0 saturated heterocycles. The summed E-state index contributed by atoms with van der Waals surface area (Å²) in [5.41, 5.74) is 10.2. The molecule has 27 nitrogen and oxygen atoms in total. The largest absolute Gasteiger partial charge is 0.412 e. The lowest BCUT2D eigenvalue weighted by Gasteiger charge is -2.04. The maximum atomic E-state index is 10.3. The van der Waals surface area contributed by atoms with Crippen LogP contribution in [0.4, 0.5) is 23.3 Å². The fraction of sp³-hybridized carbons (Fsp3) is 0.286. The third-order valence-electron chi connectivity index (χ3n) is 3.52. The molecular weight excluding hydrogens is 632 g/mol. The van der Waals surface area contributed by atoms with Crippen molar-refractivity contribution >= 4 is 66.9 Å². The Morgan fingerprint density at radius 2 is 1.00 bits per heavy atom. The van der Waals surface area contributed by atoms with E-state index in [0.717, 1.165) is 0 Å². The first-order valence-electron chi connectivity index (χ1n) is 10.2. The minimum Gasteiger partial charge on any atom is -0.412 e. The van der Waals surface area contributed by atoms with Crippen LogP contribution in [0.15, 0.2) is 12.7 Å². The Labute approximate surface area is 241 Å². The Kier molecular flexibility index (Phi) is 15.4. The summed E-state index contributed by atoms with van der Waals surface area (Å²) in [7, 11) is -1.22. The monoisotopic (exact) mass is 654 g/mol. The Morgan fingerprint density at radius 1 is 0.698 bits per heavy atom. The van der Waals surface area contributed by atoms with E-state index in [-0.39, 0.29) is 50.8 Å². The Balaban J connectivity index is 0.000000646. The van der Waals surface area contributed by atoms with Gasteiger partial charge in [0.1, 0.15) is 0 Å². The Morgan fingerprint density at radius 3 is 1.26 bits per heavy atom. The quantitative estimate of drug-likeness (QED) is 0.121. The van der Waals surface area contributed by atoms with Crippen molar-refractivity contribution in [1.29, 1.82) is 0 Å². The number of fused-ring (bicyclic) bond motifs is 2. The zero-order chi connectivity index (χ0) is 32.0. The number of nitrogens with zero attached hydrogens (tertiary/aromatic N) is 10. The van der Waals surface area contributed by atoms with E-state index in [1.807, 2.05) is 0 Å². The highest BCUT2D eigenvalue weighted by molar-refractivity contribution is 7.83. The molecule has 0 spiro atoms. The van der Waals surface area contributed by atoms with Crippen molar-refractivity contribution < 1.29 is 44.0 Å². The first kappa shape index (κ1) is 37.2. The van der Waals surface area contributed by atoms with Crippen LogP contribution in [0.5, 0.6) is 0 Å². The summed E-state index contributed by atoms with van der Waals surface area (Å²) < 4.78 is 19.1. The van der Waals surface area contributed by atoms with E-state index >= 15 is 0 Å². The van der Waals surface area contributed by atoms with Crippen LogP contribution in [0.3, 0.4) is 0 Å². The van der Waals surface area contributed by atoms with Crippen molar-refractivity contribution in [3.63, 3.8) is 0 Å². The molecule has 0 radical (unpaired) electrons. The van der Waals surface area contributed by atoms with Crippen molar-refractivity contribution in [3.05, 3.63) is 64.0 Å². The zero-order valence-electron chi connectivity index (χ0n) is 22.0. The third kappa shape index (κ3) is 13.4. The van der Waals surface area contributed by atoms with Crippen LogP contribution < -0.4 is 20.8 Å². The molecule has 0 bridgehead atoms. The van der Waals surface area contributed by atoms with Gasteiger partial charge in [0.25, 0.3) is 0 Å². The van der Waals surface area contributed by atoms with E-state index in [9.17, 15) is 48.9 Å². The fourth-order valence-corrected chi connectivity index (χ4v) is 2.39. The molecule has 4 rings (SSSR count). The van der Waals surface area contributed by atoms with Gasteiger partial charge in [-0.2, -0.15) is 0 Å². The molecule has 0 aromatic carbocycles. The van der Waals surface area contributed by atoms with E-state index in [0.29, 0.717) is 0 Å². The van der Waals surface area contributed by atoms with Crippen molar-refractivity contribution in [3.8, 4) is 0 Å². The highest BCUT2D eigenvalue weighted by Gasteiger charge is 2.17. The second-order valence-corrected chi connectivity index (χ2v) is 9.97. The topological polar surface area (TPSA) is 402 Å². The molecule has 0 aliphatic rings. The lowest BCUT2D eigenvalue weighted by molar-refractivity contribution is -0.445. The molecule has 236 valence electrons. The number of hydrogen-bond acceptors (Lipinski definition) is 14. The molecule has 4 aromatic rings. The van der Waals surface area contributed by atoms with Crippen LogP contribution >= 0.6 is 0 Å². The number of rotatable bonds is 8. The summed E-state index contributed by atoms with van der Waals surface area (Å²) in [6, 6.07) is 0. The minimum atomic E-state index is -0.940. The molecule has 4 heterocycles. The fourth-order valence-electron chi connectivity index (χ4n) is 2.39. The number of H-pyrrole nitrogens is 4. The molecule has 0 atom stereocenters. The molecule has 43 heavy (non-hydrogen) atoms. The smallest absolute Gasteiger partial charge is 0.241 e. The standard InChI is InChI=1S/2C5H3N8O4.2C2H6OS.H2O/c2*14-12(15)10-4-2-3(7-1-6-2)5(9-8-4)11-13(16)17;2*1-4(2)3;/h2*1H,(H2-,6,7,8,9,10,11);2*1-2H3;1H2/q2*-1;;;/p+2. The van der Waals surface area contributed by atoms with Crippen LogP contribution in [0.25, 0.3) is 32.9 Å². The average Bonchev–Trinajstić information content (AvgIpc) is 3.52. The first-order valence-corrected chi connectivity index (χ1v) is 14.1. The SMILES string of the molecule is CS(C)=O.CS(C)=O.O.O=[N+]([O-])[N-]c1nnc(N[N+](=O)[O-])c2[nH]c[nH+]c12.O=[N+]([O-])[N-]c1nnc(N[N+](=O)[O-])c2[nH]c[nH+]c12. The van der Waals surface area contributed by atoms with Gasteiger partial charge in [-0.05, 0) is 0 Å². The summed E-state index contributed by atoms with van der Waals surface area (Å²) >= 11 is 0. The van der Waals surface area contributed by atoms with Gasteiger partial charge < -0.3 is 15.7 Å². The Hall–Kier alpha value is -5.84. The van der Waals surface area contributed by atoms with Crippen molar-refractivity contribution in [2.24, 2.45) is 0 Å². The van der Waals surface area contributed by atoms with Gasteiger partial charge in [0.05, 0.1) is 21.7 Å². The number of aromatic nitrogens is 8. The maximum Gasteiger partial charge on any atom is 0.241 e. The van der Waals surface area contributed by atoms with Gasteiger partial charge in [-0.1, -0.05) is 10.9 Å². The van der Waals surface area contributed by atoms with Crippen LogP contribution in [0.1, 0.15) is 0 Å². The number of hydrazine groups is 2. The van der Waals surface area contributed by atoms with Crippen LogP contribution in [-0.4, -0.2) is 89.4 Å². The molecule has 0 aliphatic heterocycles. The number of hydrogen-bond donors (Lipinski definition) is 4. The van der Waals surface area contributed by atoms with Gasteiger partial charge in [-0.3, -0.25) is 28.6 Å². The molecule has 0 fully saturated rings. The lowest BCUT2D eigenvalue weighted by atomic mass is 10.4. The van der Waals surface area contributed by atoms with Crippen molar-refractivity contribution in [2.75, 3.05) is 35.9 Å². The first-order chi connectivity index (χ1) is 19.6. The normalized spacial score (nSPS) is 9.63. The van der Waals surface area contributed by atoms with Gasteiger partial charge in [0, 0.05) is 46.6 Å². The lowest BCUT2D eigenvalue weighted by Crippen LogP contribution is -2.11. The highest BCUT2D eigenvalue weighted by atomic mass is 32.2. The molecule has 0 unspecified atom stereocenters. The molecule has 0 amide bonds. The molecule has 4 aromatic heterocycles. The number of anilines is 2. The van der Waals surface area contributed by atoms with Crippen molar-refractivity contribution in [1.82, 2.24) is 30.4 Å². The second-order valence-electron chi connectivity index (χ2n) is 7.01. The number of nitrogens with one attached hydrogen (secondary N) is 6. The molecule has 0 saturated carbocycles. The van der Waals surface area contributed by atoms with Crippen molar-refractivity contribution in [2.45, 2.75) is 0 Å². The number of aromatic amines is 4. The molecular formula is C14H22N16O11S2. The van der Waals surface area contributed by atoms with E-state index in [2.05, 4.69) is 51.2 Å².